The average Bonchev–Trinajstić information content (AvgIpc) is 2.80. The van der Waals surface area contributed by atoms with Crippen LogP contribution in [0.4, 0.5) is 0 Å². The number of carboxylic acid groups (broad SMARTS) is 2. The monoisotopic (exact) mass is 440 g/mol. The van der Waals surface area contributed by atoms with E-state index in [2.05, 4.69) is 0 Å². The van der Waals surface area contributed by atoms with E-state index in [0.717, 1.165) is 0 Å². The topological polar surface area (TPSA) is 132 Å². The third kappa shape index (κ3) is 4.52. The van der Waals surface area contributed by atoms with Crippen molar-refractivity contribution < 1.29 is 43.9 Å². The number of carboxylic acids is 2. The Morgan fingerprint density at radius 3 is 1.62 bits per heavy atom. The Balaban J connectivity index is 1.33. The zero-order chi connectivity index (χ0) is 22.7. The van der Waals surface area contributed by atoms with Gasteiger partial charge in [0.2, 0.25) is 11.5 Å². The van der Waals surface area contributed by atoms with E-state index in [1.54, 1.807) is 48.6 Å². The van der Waals surface area contributed by atoms with Crippen LogP contribution in [0.25, 0.3) is 0 Å². The lowest BCUT2D eigenvalue weighted by atomic mass is 10.00. The van der Waals surface area contributed by atoms with Crippen LogP contribution in [0.5, 0.6) is 0 Å². The van der Waals surface area contributed by atoms with E-state index in [-0.39, 0.29) is 24.7 Å². The van der Waals surface area contributed by atoms with Gasteiger partial charge < -0.3 is 34.3 Å². The summed E-state index contributed by atoms with van der Waals surface area (Å²) in [6, 6.07) is 0. The molecule has 0 aromatic heterocycles. The lowest BCUT2D eigenvalue weighted by Crippen LogP contribution is -2.27. The first-order chi connectivity index (χ1) is 15.4. The molecule has 32 heavy (non-hydrogen) atoms. The number of carbonyl (C=O) groups is 2. The molecule has 0 spiro atoms. The number of allylic oxidation sites excluding steroid dienone is 8. The quantitative estimate of drug-likeness (QED) is 0.517. The molecule has 0 aromatic rings. The van der Waals surface area contributed by atoms with Crippen LogP contribution >= 0.6 is 0 Å². The lowest BCUT2D eigenvalue weighted by Gasteiger charge is -2.28. The van der Waals surface area contributed by atoms with Crippen molar-refractivity contribution in [3.8, 4) is 0 Å². The molecule has 2 aliphatic heterocycles. The van der Waals surface area contributed by atoms with Crippen molar-refractivity contribution in [2.24, 2.45) is 0 Å². The standard InChI is InChI=1S/C23H20O9/c24-13(11-29-16-3-1-5-18-14(16)7-9-20(31-18)22(25)26)12-30-17-4-2-6-19-15(17)8-10-21(32-19)23(27)28/h1-10,13,18-19,24H,11-12H2,(H,25,26)(H,27,28). The maximum atomic E-state index is 11.1. The number of hydrogen-bond acceptors (Lipinski definition) is 7. The molecule has 0 bridgehead atoms. The normalized spacial score (nSPS) is 23.9. The molecule has 166 valence electrons. The van der Waals surface area contributed by atoms with Crippen molar-refractivity contribution in [1.29, 1.82) is 0 Å². The van der Waals surface area contributed by atoms with E-state index in [1.165, 1.54) is 12.2 Å². The molecule has 9 nitrogen and oxygen atoms in total. The highest BCUT2D eigenvalue weighted by Crippen LogP contribution is 2.30. The van der Waals surface area contributed by atoms with E-state index in [9.17, 15) is 14.7 Å². The fourth-order valence-electron chi connectivity index (χ4n) is 3.34. The summed E-state index contributed by atoms with van der Waals surface area (Å²) in [6.07, 6.45) is 14.0. The molecule has 0 radical (unpaired) electrons. The Morgan fingerprint density at radius 1 is 0.781 bits per heavy atom. The molecule has 3 N–H and O–H groups in total. The fourth-order valence-corrected chi connectivity index (χ4v) is 3.34. The van der Waals surface area contributed by atoms with Gasteiger partial charge in [0.05, 0.1) is 0 Å². The van der Waals surface area contributed by atoms with Crippen LogP contribution in [0, 0.1) is 0 Å². The average molecular weight is 440 g/mol. The SMILES string of the molecule is O=C(O)C1=CC=C2C(OCC(O)COC3=CC=CC4OC(C(=O)O)=CC=C34)=CC=CC2O1. The molecule has 0 amide bonds. The van der Waals surface area contributed by atoms with Gasteiger partial charge in [0.1, 0.15) is 43.0 Å². The zero-order valence-corrected chi connectivity index (χ0v) is 16.7. The summed E-state index contributed by atoms with van der Waals surface area (Å²) in [7, 11) is 0. The molecule has 2 unspecified atom stereocenters. The number of aliphatic carboxylic acids is 2. The van der Waals surface area contributed by atoms with E-state index in [1.807, 2.05) is 0 Å². The first-order valence-corrected chi connectivity index (χ1v) is 9.77. The molecule has 0 saturated carbocycles. The van der Waals surface area contributed by atoms with E-state index in [4.69, 9.17) is 29.2 Å². The highest BCUT2D eigenvalue weighted by Gasteiger charge is 2.29. The fraction of sp³-hybridized carbons (Fsp3) is 0.217. The third-order valence-corrected chi connectivity index (χ3v) is 4.87. The van der Waals surface area contributed by atoms with Crippen LogP contribution in [0.2, 0.25) is 0 Å². The smallest absolute Gasteiger partial charge is 0.371 e. The van der Waals surface area contributed by atoms with Crippen LogP contribution in [0.3, 0.4) is 0 Å². The molecule has 2 atom stereocenters. The second kappa shape index (κ2) is 9.03. The van der Waals surface area contributed by atoms with Gasteiger partial charge in [-0.3, -0.25) is 0 Å². The van der Waals surface area contributed by atoms with Gasteiger partial charge in [0, 0.05) is 11.1 Å². The van der Waals surface area contributed by atoms with Gasteiger partial charge in [-0.25, -0.2) is 9.59 Å². The summed E-state index contributed by atoms with van der Waals surface area (Å²) in [5.41, 5.74) is 1.30. The number of rotatable bonds is 8. The number of aliphatic hydroxyl groups excluding tert-OH is 1. The number of fused-ring (bicyclic) bond motifs is 2. The summed E-state index contributed by atoms with van der Waals surface area (Å²) in [6.45, 7) is -0.130. The van der Waals surface area contributed by atoms with E-state index in [0.29, 0.717) is 22.7 Å². The Morgan fingerprint density at radius 2 is 1.22 bits per heavy atom. The number of aliphatic hydroxyl groups is 1. The maximum absolute atomic E-state index is 11.1. The van der Waals surface area contributed by atoms with Gasteiger partial charge in [-0.1, -0.05) is 12.2 Å². The highest BCUT2D eigenvalue weighted by molar-refractivity contribution is 5.85. The minimum Gasteiger partial charge on any atom is -0.490 e. The molecule has 4 rings (SSSR count). The van der Waals surface area contributed by atoms with Gasteiger partial charge in [-0.05, 0) is 48.6 Å². The molecule has 0 fully saturated rings. The van der Waals surface area contributed by atoms with Crippen molar-refractivity contribution in [2.45, 2.75) is 18.3 Å². The van der Waals surface area contributed by atoms with Crippen LogP contribution in [-0.2, 0) is 28.5 Å². The minimum atomic E-state index is -1.15. The summed E-state index contributed by atoms with van der Waals surface area (Å²) < 4.78 is 22.2. The molecule has 2 heterocycles. The van der Waals surface area contributed by atoms with Crippen molar-refractivity contribution in [3.05, 3.63) is 94.9 Å². The van der Waals surface area contributed by atoms with E-state index >= 15 is 0 Å². The van der Waals surface area contributed by atoms with Gasteiger partial charge in [0.25, 0.3) is 0 Å². The lowest BCUT2D eigenvalue weighted by molar-refractivity contribution is -0.138. The molecule has 2 aliphatic carbocycles. The van der Waals surface area contributed by atoms with Gasteiger partial charge in [-0.2, -0.15) is 0 Å². The zero-order valence-electron chi connectivity index (χ0n) is 16.7. The Kier molecular flexibility index (Phi) is 6.00. The molecule has 0 aromatic carbocycles. The minimum absolute atomic E-state index is 0.0651. The Hall–Kier alpha value is -3.98. The van der Waals surface area contributed by atoms with Gasteiger partial charge in [-0.15, -0.1) is 0 Å². The predicted molar refractivity (Wildman–Crippen MR) is 110 cm³/mol. The third-order valence-electron chi connectivity index (χ3n) is 4.87. The predicted octanol–water partition coefficient (Wildman–Crippen LogP) is 1.88. The molecule has 9 heteroatoms. The van der Waals surface area contributed by atoms with Crippen LogP contribution in [-0.4, -0.2) is 58.8 Å². The second-order valence-corrected chi connectivity index (χ2v) is 7.10. The number of ether oxygens (including phenoxy) is 4. The maximum Gasteiger partial charge on any atom is 0.371 e. The summed E-state index contributed by atoms with van der Waals surface area (Å²) in [5, 5.41) is 28.4. The Labute approximate surface area is 182 Å². The van der Waals surface area contributed by atoms with Crippen LogP contribution in [0.1, 0.15) is 0 Å². The van der Waals surface area contributed by atoms with Crippen molar-refractivity contribution in [2.75, 3.05) is 13.2 Å². The van der Waals surface area contributed by atoms with Crippen molar-refractivity contribution >= 4 is 11.9 Å². The molecular formula is C23H20O9. The molecular weight excluding hydrogens is 420 g/mol. The van der Waals surface area contributed by atoms with Gasteiger partial charge in [0.15, 0.2) is 0 Å². The molecule has 0 saturated heterocycles. The first-order valence-electron chi connectivity index (χ1n) is 9.77. The summed E-state index contributed by atoms with van der Waals surface area (Å²) in [5.74, 6) is -1.69. The van der Waals surface area contributed by atoms with Crippen molar-refractivity contribution in [1.82, 2.24) is 0 Å². The van der Waals surface area contributed by atoms with Crippen LogP contribution in [0.15, 0.2) is 94.9 Å². The summed E-state index contributed by atoms with van der Waals surface area (Å²) in [4.78, 5) is 22.1. The largest absolute Gasteiger partial charge is 0.490 e. The molecule has 4 aliphatic rings. The van der Waals surface area contributed by atoms with E-state index < -0.39 is 30.3 Å². The first kappa shape index (κ1) is 21.3. The summed E-state index contributed by atoms with van der Waals surface area (Å²) >= 11 is 0. The van der Waals surface area contributed by atoms with Crippen molar-refractivity contribution in [3.63, 3.8) is 0 Å². The second-order valence-electron chi connectivity index (χ2n) is 7.10. The van der Waals surface area contributed by atoms with Gasteiger partial charge >= 0.3 is 11.9 Å². The number of hydrogen-bond donors (Lipinski definition) is 3. The van der Waals surface area contributed by atoms with Crippen LogP contribution < -0.4 is 0 Å². The Bertz CT molecular complexity index is 981. The highest BCUT2D eigenvalue weighted by atomic mass is 16.5.